The lowest BCUT2D eigenvalue weighted by molar-refractivity contribution is -0.141. The molecule has 5 nitrogen and oxygen atoms in total. The van der Waals surface area contributed by atoms with Gasteiger partial charge in [0.1, 0.15) is 0 Å². The molecule has 0 bridgehead atoms. The number of hydrogen-bond acceptors (Lipinski definition) is 3. The van der Waals surface area contributed by atoms with E-state index in [2.05, 4.69) is 15.4 Å². The standard InChI is InChI=1S/C24H18Cl3F3N4O/c1-3-12(2)31-23(35)17-11-16-20(13-4-6-14(25)7-5-13)34(19-9-8-15(26)10-18(19)27)33-22(16)32-21(17)24(28,29)30/h4-12H,3H2,1-2H3,(H,31,35). The maximum Gasteiger partial charge on any atom is 0.434 e. The third kappa shape index (κ3) is 5.10. The van der Waals surface area contributed by atoms with Crippen molar-refractivity contribution >= 4 is 51.7 Å². The van der Waals surface area contributed by atoms with Gasteiger partial charge in [0.15, 0.2) is 11.3 Å². The Hall–Kier alpha value is -2.81. The predicted molar refractivity (Wildman–Crippen MR) is 132 cm³/mol. The van der Waals surface area contributed by atoms with E-state index in [1.54, 1.807) is 43.3 Å². The van der Waals surface area contributed by atoms with Gasteiger partial charge in [-0.2, -0.15) is 13.2 Å². The Morgan fingerprint density at radius 2 is 1.71 bits per heavy atom. The van der Waals surface area contributed by atoms with E-state index in [1.807, 2.05) is 6.92 Å². The van der Waals surface area contributed by atoms with Crippen molar-refractivity contribution in [1.29, 1.82) is 0 Å². The van der Waals surface area contributed by atoms with Crippen LogP contribution in [0.5, 0.6) is 0 Å². The van der Waals surface area contributed by atoms with Crippen molar-refractivity contribution < 1.29 is 18.0 Å². The van der Waals surface area contributed by atoms with Crippen molar-refractivity contribution in [2.24, 2.45) is 0 Å². The number of halogens is 6. The normalized spacial score (nSPS) is 12.7. The number of fused-ring (bicyclic) bond motifs is 1. The molecule has 2 aromatic heterocycles. The molecule has 0 aliphatic rings. The van der Waals surface area contributed by atoms with Crippen LogP contribution in [0.2, 0.25) is 15.1 Å². The molecule has 0 spiro atoms. The van der Waals surface area contributed by atoms with Crippen molar-refractivity contribution in [2.75, 3.05) is 0 Å². The molecular formula is C24H18Cl3F3N4O. The molecule has 35 heavy (non-hydrogen) atoms. The molecule has 0 aliphatic heterocycles. The number of benzene rings is 2. The van der Waals surface area contributed by atoms with Gasteiger partial charge in [-0.05, 0) is 49.7 Å². The molecule has 0 radical (unpaired) electrons. The fourth-order valence-electron chi connectivity index (χ4n) is 3.52. The molecule has 11 heteroatoms. The second-order valence-corrected chi connectivity index (χ2v) is 9.18. The van der Waals surface area contributed by atoms with Crippen molar-refractivity contribution in [3.05, 3.63) is 74.9 Å². The second-order valence-electron chi connectivity index (χ2n) is 7.90. The fraction of sp³-hybridized carbons (Fsp3) is 0.208. The van der Waals surface area contributed by atoms with Crippen molar-refractivity contribution in [3.8, 4) is 16.9 Å². The average Bonchev–Trinajstić information content (AvgIpc) is 3.16. The summed E-state index contributed by atoms with van der Waals surface area (Å²) in [5.41, 5.74) is -0.772. The zero-order valence-electron chi connectivity index (χ0n) is 18.4. The summed E-state index contributed by atoms with van der Waals surface area (Å²) in [6.07, 6.45) is -4.33. The van der Waals surface area contributed by atoms with E-state index in [0.717, 1.165) is 0 Å². The third-order valence-electron chi connectivity index (χ3n) is 5.42. The van der Waals surface area contributed by atoms with Gasteiger partial charge >= 0.3 is 6.18 Å². The number of rotatable bonds is 5. The summed E-state index contributed by atoms with van der Waals surface area (Å²) in [4.78, 5) is 16.6. The first-order valence-electron chi connectivity index (χ1n) is 10.5. The Kier molecular flexibility index (Phi) is 6.99. The number of pyridine rings is 1. The number of carbonyl (C=O) groups excluding carboxylic acids is 1. The topological polar surface area (TPSA) is 59.8 Å². The summed E-state index contributed by atoms with van der Waals surface area (Å²) in [5.74, 6) is -0.875. The van der Waals surface area contributed by atoms with Gasteiger partial charge in [0.25, 0.3) is 5.91 Å². The Labute approximate surface area is 213 Å². The molecule has 1 atom stereocenters. The highest BCUT2D eigenvalue weighted by molar-refractivity contribution is 6.35. The second kappa shape index (κ2) is 9.68. The summed E-state index contributed by atoms with van der Waals surface area (Å²) in [6, 6.07) is 12.2. The lowest BCUT2D eigenvalue weighted by Crippen LogP contribution is -2.33. The van der Waals surface area contributed by atoms with Gasteiger partial charge in [0, 0.05) is 27.0 Å². The molecule has 2 aromatic carbocycles. The smallest absolute Gasteiger partial charge is 0.350 e. The highest BCUT2D eigenvalue weighted by Gasteiger charge is 2.39. The molecule has 1 unspecified atom stereocenters. The lowest BCUT2D eigenvalue weighted by Gasteiger charge is -2.15. The number of hydrogen-bond donors (Lipinski definition) is 1. The van der Waals surface area contributed by atoms with Gasteiger partial charge in [0.05, 0.1) is 22.0 Å². The van der Waals surface area contributed by atoms with Gasteiger partial charge in [-0.25, -0.2) is 9.67 Å². The number of nitrogens with one attached hydrogen (secondary N) is 1. The van der Waals surface area contributed by atoms with E-state index < -0.39 is 23.3 Å². The molecule has 1 amide bonds. The number of aromatic nitrogens is 3. The van der Waals surface area contributed by atoms with Crippen LogP contribution in [-0.4, -0.2) is 26.7 Å². The molecule has 0 fully saturated rings. The molecule has 0 saturated heterocycles. The summed E-state index contributed by atoms with van der Waals surface area (Å²) in [6.45, 7) is 3.52. The Morgan fingerprint density at radius 1 is 1.06 bits per heavy atom. The number of alkyl halides is 3. The third-order valence-corrected chi connectivity index (χ3v) is 6.21. The van der Waals surface area contributed by atoms with E-state index in [9.17, 15) is 18.0 Å². The summed E-state index contributed by atoms with van der Waals surface area (Å²) in [7, 11) is 0. The van der Waals surface area contributed by atoms with Crippen molar-refractivity contribution in [2.45, 2.75) is 32.5 Å². The molecular weight excluding hydrogens is 524 g/mol. The number of amides is 1. The van der Waals surface area contributed by atoms with E-state index in [0.29, 0.717) is 33.4 Å². The van der Waals surface area contributed by atoms with E-state index in [-0.39, 0.29) is 22.1 Å². The van der Waals surface area contributed by atoms with Crippen molar-refractivity contribution in [1.82, 2.24) is 20.1 Å². The number of carbonyl (C=O) groups is 1. The highest BCUT2D eigenvalue weighted by atomic mass is 35.5. The first-order valence-corrected chi connectivity index (χ1v) is 11.7. The lowest BCUT2D eigenvalue weighted by atomic mass is 10.0. The molecule has 1 N–H and O–H groups in total. The van der Waals surface area contributed by atoms with Crippen LogP contribution in [0.3, 0.4) is 0 Å². The van der Waals surface area contributed by atoms with Gasteiger partial charge in [-0.3, -0.25) is 4.79 Å². The summed E-state index contributed by atoms with van der Waals surface area (Å²) >= 11 is 18.5. The Balaban J connectivity index is 2.06. The van der Waals surface area contributed by atoms with Crippen molar-refractivity contribution in [3.63, 3.8) is 0 Å². The highest BCUT2D eigenvalue weighted by Crippen LogP contribution is 2.38. The molecule has 4 aromatic rings. The molecule has 182 valence electrons. The van der Waals surface area contributed by atoms with Crippen LogP contribution in [0, 0.1) is 0 Å². The first kappa shape index (κ1) is 25.3. The SMILES string of the molecule is CCC(C)NC(=O)c1cc2c(-c3ccc(Cl)cc3)n(-c3ccc(Cl)cc3Cl)nc2nc1C(F)(F)F. The van der Waals surface area contributed by atoms with Gasteiger partial charge < -0.3 is 5.32 Å². The molecule has 0 saturated carbocycles. The van der Waals surface area contributed by atoms with Gasteiger partial charge in [-0.15, -0.1) is 5.10 Å². The minimum atomic E-state index is -4.88. The quantitative estimate of drug-likeness (QED) is 0.283. The zero-order chi connectivity index (χ0) is 25.5. The predicted octanol–water partition coefficient (Wildman–Crippen LogP) is 7.59. The fourth-order valence-corrected chi connectivity index (χ4v) is 4.13. The number of nitrogens with zero attached hydrogens (tertiary/aromatic N) is 3. The molecule has 4 rings (SSSR count). The van der Waals surface area contributed by atoms with Gasteiger partial charge in [-0.1, -0.05) is 53.9 Å². The Bertz CT molecular complexity index is 1420. The minimum absolute atomic E-state index is 0.201. The van der Waals surface area contributed by atoms with Crippen LogP contribution in [0.25, 0.3) is 28.0 Å². The Morgan fingerprint density at radius 3 is 2.31 bits per heavy atom. The monoisotopic (exact) mass is 540 g/mol. The minimum Gasteiger partial charge on any atom is -0.350 e. The summed E-state index contributed by atoms with van der Waals surface area (Å²) in [5, 5.41) is 8.24. The van der Waals surface area contributed by atoms with Crippen LogP contribution in [0.15, 0.2) is 48.5 Å². The van der Waals surface area contributed by atoms with Crippen LogP contribution in [0.4, 0.5) is 13.2 Å². The average molecular weight is 542 g/mol. The zero-order valence-corrected chi connectivity index (χ0v) is 20.7. The first-order chi connectivity index (χ1) is 16.5. The maximum atomic E-state index is 13.9. The summed E-state index contributed by atoms with van der Waals surface area (Å²) < 4.78 is 43.2. The van der Waals surface area contributed by atoms with Crippen LogP contribution in [0.1, 0.15) is 36.3 Å². The molecule has 2 heterocycles. The van der Waals surface area contributed by atoms with Crippen LogP contribution in [-0.2, 0) is 6.18 Å². The van der Waals surface area contributed by atoms with Crippen LogP contribution < -0.4 is 5.32 Å². The van der Waals surface area contributed by atoms with Gasteiger partial charge in [0.2, 0.25) is 0 Å². The molecule has 0 aliphatic carbocycles. The van der Waals surface area contributed by atoms with E-state index in [4.69, 9.17) is 34.8 Å². The maximum absolute atomic E-state index is 13.9. The van der Waals surface area contributed by atoms with Crippen LogP contribution >= 0.6 is 34.8 Å². The largest absolute Gasteiger partial charge is 0.434 e. The van der Waals surface area contributed by atoms with E-state index >= 15 is 0 Å². The van der Waals surface area contributed by atoms with E-state index in [1.165, 1.54) is 16.8 Å².